The Morgan fingerprint density at radius 2 is 0.862 bits per heavy atom. The van der Waals surface area contributed by atoms with Crippen LogP contribution >= 0.6 is 22.7 Å². The highest BCUT2D eigenvalue weighted by Crippen LogP contribution is 2.32. The van der Waals surface area contributed by atoms with Crippen molar-refractivity contribution in [2.45, 2.75) is 23.6 Å². The first kappa shape index (κ1) is 44.4. The van der Waals surface area contributed by atoms with E-state index in [1.54, 1.807) is 62.4 Å². The molecule has 2 amide bonds. The van der Waals surface area contributed by atoms with Crippen LogP contribution in [0.5, 0.6) is 11.5 Å². The molecule has 0 aliphatic heterocycles. The van der Waals surface area contributed by atoms with Crippen LogP contribution in [0.3, 0.4) is 0 Å². The van der Waals surface area contributed by atoms with E-state index in [0.29, 0.717) is 55.7 Å². The number of carbonyl (C=O) groups is 2. The van der Waals surface area contributed by atoms with Crippen LogP contribution < -0.4 is 24.0 Å². The van der Waals surface area contributed by atoms with Gasteiger partial charge in [-0.05, 0) is 135 Å². The Balaban J connectivity index is 0.834. The molecule has 2 aromatic heterocycles. The molecule has 2 heterocycles. The van der Waals surface area contributed by atoms with Gasteiger partial charge < -0.3 is 4.74 Å². The zero-order valence-corrected chi connectivity index (χ0v) is 38.1. The van der Waals surface area contributed by atoms with Gasteiger partial charge >= 0.3 is 0 Å². The maximum Gasteiger partial charge on any atom is 0.264 e. The van der Waals surface area contributed by atoms with E-state index >= 15 is 0 Å². The molecule has 0 aliphatic rings. The molecule has 0 atom stereocenters. The van der Waals surface area contributed by atoms with Crippen LogP contribution in [0.15, 0.2) is 178 Å². The quantitative estimate of drug-likeness (QED) is 0.0958. The van der Waals surface area contributed by atoms with Crippen LogP contribution in [0.25, 0.3) is 22.5 Å². The van der Waals surface area contributed by atoms with Crippen molar-refractivity contribution in [1.29, 1.82) is 0 Å². The number of rotatable bonds is 16. The SMILES string of the molecule is CCN(c1ccccc1)S(=O)(=O)c1ccc(C(=O)Nc2nc(-c3ccc(Oc4ccc(-c5csc(NC(=O)c6ccc(S(=O)(=O)N(CC)c7ccccc7)cc6)n5)cc4)cc3)cs2)cc1. The summed E-state index contributed by atoms with van der Waals surface area (Å²) >= 11 is 2.54. The number of carbonyl (C=O) groups excluding carboxylic acids is 2. The van der Waals surface area contributed by atoms with Crippen molar-refractivity contribution < 1.29 is 31.2 Å². The third-order valence-corrected chi connectivity index (χ3v) is 15.4. The van der Waals surface area contributed by atoms with Crippen molar-refractivity contribution in [3.05, 3.63) is 180 Å². The molecule has 0 saturated heterocycles. The van der Waals surface area contributed by atoms with Crippen molar-refractivity contribution in [3.63, 3.8) is 0 Å². The predicted octanol–water partition coefficient (Wildman–Crippen LogP) is 10.7. The molecule has 0 saturated carbocycles. The second kappa shape index (κ2) is 19.3. The number of nitrogens with one attached hydrogen (secondary N) is 2. The minimum Gasteiger partial charge on any atom is -0.457 e. The lowest BCUT2D eigenvalue weighted by molar-refractivity contribution is 0.101. The maximum atomic E-state index is 13.4. The number of hydrogen-bond acceptors (Lipinski definition) is 11. The number of benzene rings is 6. The summed E-state index contributed by atoms with van der Waals surface area (Å²) < 4.78 is 62.1. The van der Waals surface area contributed by atoms with Gasteiger partial charge in [0.05, 0.1) is 32.6 Å². The number of thiazole rings is 2. The van der Waals surface area contributed by atoms with Gasteiger partial charge in [-0.2, -0.15) is 0 Å². The first-order valence-corrected chi connectivity index (χ1v) is 24.8. The van der Waals surface area contributed by atoms with E-state index in [0.717, 1.165) is 11.1 Å². The van der Waals surface area contributed by atoms with Crippen LogP contribution in [0.4, 0.5) is 21.6 Å². The van der Waals surface area contributed by atoms with E-state index < -0.39 is 31.9 Å². The largest absolute Gasteiger partial charge is 0.457 e. The number of hydrogen-bond donors (Lipinski definition) is 2. The van der Waals surface area contributed by atoms with Gasteiger partial charge in [0.2, 0.25) is 0 Å². The molecular weight excluding hydrogens is 901 g/mol. The Morgan fingerprint density at radius 1 is 0.508 bits per heavy atom. The van der Waals surface area contributed by atoms with Crippen LogP contribution in [0, 0.1) is 0 Å². The van der Waals surface area contributed by atoms with Crippen LogP contribution in [-0.4, -0.2) is 51.7 Å². The highest BCUT2D eigenvalue weighted by atomic mass is 32.2. The van der Waals surface area contributed by atoms with Crippen molar-refractivity contribution >= 4 is 76.2 Å². The molecule has 0 radical (unpaired) electrons. The van der Waals surface area contributed by atoms with Gasteiger partial charge in [-0.1, -0.05) is 36.4 Å². The number of anilines is 4. The van der Waals surface area contributed by atoms with Crippen LogP contribution in [-0.2, 0) is 20.0 Å². The Bertz CT molecular complexity index is 2930. The molecule has 0 fully saturated rings. The molecule has 65 heavy (non-hydrogen) atoms. The molecular formula is C48H40N6O7S4. The van der Waals surface area contributed by atoms with Gasteiger partial charge in [0.25, 0.3) is 31.9 Å². The molecule has 17 heteroatoms. The molecule has 6 aromatic carbocycles. The fraction of sp³-hybridized carbons (Fsp3) is 0.0833. The fourth-order valence-electron chi connectivity index (χ4n) is 6.77. The minimum absolute atomic E-state index is 0.0815. The standard InChI is InChI=1S/C48H40N6O7S4/c1-3-53(37-11-7-5-8-12-37)64(57,58)41-27-19-35(20-28-41)45(55)51-47-49-43(31-62-47)33-15-23-39(24-16-33)61-40-25-17-34(18-26-40)44-32-63-48(50-44)52-46(56)36-21-29-42(30-22-36)65(59,60)54(4-2)38-13-9-6-10-14-38/h5-32H,3-4H2,1-2H3,(H,49,51,55)(H,50,52,56). The van der Waals surface area contributed by atoms with Crippen molar-refractivity contribution in [2.75, 3.05) is 32.3 Å². The average molecular weight is 941 g/mol. The van der Waals surface area contributed by atoms with Gasteiger partial charge in [0, 0.05) is 46.1 Å². The molecule has 2 N–H and O–H groups in total. The molecule has 0 aliphatic carbocycles. The van der Waals surface area contributed by atoms with Crippen molar-refractivity contribution in [1.82, 2.24) is 9.97 Å². The van der Waals surface area contributed by atoms with E-state index in [1.165, 1.54) is 79.8 Å². The predicted molar refractivity (Wildman–Crippen MR) is 257 cm³/mol. The van der Waals surface area contributed by atoms with Crippen molar-refractivity contribution in [2.24, 2.45) is 0 Å². The van der Waals surface area contributed by atoms with E-state index in [-0.39, 0.29) is 22.9 Å². The van der Waals surface area contributed by atoms with Gasteiger partial charge in [-0.15, -0.1) is 22.7 Å². The van der Waals surface area contributed by atoms with E-state index in [1.807, 2.05) is 71.4 Å². The highest BCUT2D eigenvalue weighted by molar-refractivity contribution is 7.93. The van der Waals surface area contributed by atoms with E-state index in [2.05, 4.69) is 20.6 Å². The zero-order chi connectivity index (χ0) is 45.6. The first-order valence-electron chi connectivity index (χ1n) is 20.2. The minimum atomic E-state index is -3.83. The summed E-state index contributed by atoms with van der Waals surface area (Å²) in [6.45, 7) is 4.04. The molecule has 0 bridgehead atoms. The van der Waals surface area contributed by atoms with Crippen LogP contribution in [0.2, 0.25) is 0 Å². The second-order valence-corrected chi connectivity index (χ2v) is 19.6. The third kappa shape index (κ3) is 9.98. The highest BCUT2D eigenvalue weighted by Gasteiger charge is 2.25. The molecule has 8 aromatic rings. The number of aromatic nitrogens is 2. The Kier molecular flexibility index (Phi) is 13.2. The molecule has 8 rings (SSSR count). The van der Waals surface area contributed by atoms with Crippen LogP contribution in [0.1, 0.15) is 34.6 Å². The van der Waals surface area contributed by atoms with Gasteiger partial charge in [0.1, 0.15) is 11.5 Å². The number of ether oxygens (including phenoxy) is 1. The lowest BCUT2D eigenvalue weighted by atomic mass is 10.1. The van der Waals surface area contributed by atoms with E-state index in [4.69, 9.17) is 4.74 Å². The smallest absolute Gasteiger partial charge is 0.264 e. The topological polar surface area (TPSA) is 168 Å². The maximum absolute atomic E-state index is 13.4. The second-order valence-electron chi connectivity index (χ2n) is 14.2. The van der Waals surface area contributed by atoms with Gasteiger partial charge in [-0.3, -0.25) is 28.8 Å². The molecule has 0 unspecified atom stereocenters. The summed E-state index contributed by atoms with van der Waals surface area (Å²) in [5, 5.41) is 10.0. The monoisotopic (exact) mass is 940 g/mol. The summed E-state index contributed by atoms with van der Waals surface area (Å²) in [7, 11) is -7.66. The van der Waals surface area contributed by atoms with Crippen molar-refractivity contribution in [3.8, 4) is 34.0 Å². The summed E-state index contributed by atoms with van der Waals surface area (Å²) in [5.41, 5.74) is 4.65. The first-order chi connectivity index (χ1) is 31.4. The molecule has 0 spiro atoms. The third-order valence-electron chi connectivity index (χ3n) is 10.1. The Morgan fingerprint density at radius 3 is 1.20 bits per heavy atom. The number of amides is 2. The fourth-order valence-corrected chi connectivity index (χ4v) is 11.1. The van der Waals surface area contributed by atoms with Gasteiger partial charge in [-0.25, -0.2) is 26.8 Å². The summed E-state index contributed by atoms with van der Waals surface area (Å²) in [4.78, 5) is 35.5. The molecule has 13 nitrogen and oxygen atoms in total. The Labute approximate surface area is 384 Å². The lowest BCUT2D eigenvalue weighted by Gasteiger charge is -2.23. The molecule has 328 valence electrons. The summed E-state index contributed by atoms with van der Waals surface area (Å²) in [5.74, 6) is 0.371. The summed E-state index contributed by atoms with van der Waals surface area (Å²) in [6, 6.07) is 44.1. The number of nitrogens with zero attached hydrogens (tertiary/aromatic N) is 4. The zero-order valence-electron chi connectivity index (χ0n) is 34.9. The summed E-state index contributed by atoms with van der Waals surface area (Å²) in [6.07, 6.45) is 0. The number of para-hydroxylation sites is 2. The van der Waals surface area contributed by atoms with Gasteiger partial charge in [0.15, 0.2) is 10.3 Å². The average Bonchev–Trinajstić information content (AvgIpc) is 4.01. The van der Waals surface area contributed by atoms with E-state index in [9.17, 15) is 26.4 Å². The number of sulfonamides is 2. The normalized spacial score (nSPS) is 11.4. The lowest BCUT2D eigenvalue weighted by Crippen LogP contribution is -2.30. The Hall–Kier alpha value is -7.18.